The van der Waals surface area contributed by atoms with Gasteiger partial charge in [0.25, 0.3) is 0 Å². The molecule has 0 amide bonds. The molecule has 7 fully saturated rings. The SMILES string of the molecule is C[C@@H]1C[C@H]2O[C@]3(O[C@H]2C(C)(C)O)[C@H](O)[C@@]2(C)[C@@H]4CC[C@H]5C(C)(C)[C@@H](O)CC[C@@]56C[C@@]46CC[C@]2(C)[C@@H]13. The van der Waals surface area contributed by atoms with Gasteiger partial charge in [-0.2, -0.15) is 0 Å². The summed E-state index contributed by atoms with van der Waals surface area (Å²) in [4.78, 5) is 0. The van der Waals surface area contributed by atoms with Gasteiger partial charge in [0.15, 0.2) is 5.79 Å². The van der Waals surface area contributed by atoms with E-state index in [0.717, 1.165) is 38.5 Å². The molecule has 3 spiro atoms. The lowest BCUT2D eigenvalue weighted by atomic mass is 9.41. The van der Waals surface area contributed by atoms with Crippen molar-refractivity contribution >= 4 is 0 Å². The molecule has 35 heavy (non-hydrogen) atoms. The van der Waals surface area contributed by atoms with Crippen molar-refractivity contribution in [2.24, 2.45) is 50.7 Å². The number of rotatable bonds is 1. The molecule has 7 rings (SSSR count). The maximum absolute atomic E-state index is 12.5. The summed E-state index contributed by atoms with van der Waals surface area (Å²) in [6, 6.07) is 0. The van der Waals surface area contributed by atoms with Crippen LogP contribution in [0, 0.1) is 50.7 Å². The fraction of sp³-hybridized carbons (Fsp3) is 1.00. The van der Waals surface area contributed by atoms with Crippen molar-refractivity contribution in [1.82, 2.24) is 0 Å². The molecule has 0 unspecified atom stereocenters. The van der Waals surface area contributed by atoms with Crippen LogP contribution in [-0.4, -0.2) is 51.1 Å². The molecule has 0 aromatic heterocycles. The highest BCUT2D eigenvalue weighted by molar-refractivity contribution is 5.34. The first-order valence-electron chi connectivity index (χ1n) is 14.6. The van der Waals surface area contributed by atoms with Crippen molar-refractivity contribution in [2.45, 2.75) is 136 Å². The van der Waals surface area contributed by atoms with Crippen LogP contribution in [0.3, 0.4) is 0 Å². The van der Waals surface area contributed by atoms with Crippen molar-refractivity contribution in [3.63, 3.8) is 0 Å². The van der Waals surface area contributed by atoms with Crippen LogP contribution < -0.4 is 0 Å². The average Bonchev–Trinajstić information content (AvgIpc) is 3.28. The number of fused-ring (bicyclic) bond motifs is 4. The molecule has 3 N–H and O–H groups in total. The molecule has 5 aliphatic carbocycles. The number of ether oxygens (including phenoxy) is 2. The molecule has 198 valence electrons. The topological polar surface area (TPSA) is 79.2 Å². The van der Waals surface area contributed by atoms with Crippen LogP contribution in [0.2, 0.25) is 0 Å². The van der Waals surface area contributed by atoms with Gasteiger partial charge in [-0.05, 0) is 105 Å². The van der Waals surface area contributed by atoms with Crippen LogP contribution in [0.25, 0.3) is 0 Å². The molecule has 0 aromatic rings. The molecule has 7 aliphatic rings. The Balaban J connectivity index is 1.33. The average molecular weight is 489 g/mol. The van der Waals surface area contributed by atoms with Crippen LogP contribution in [0.15, 0.2) is 0 Å². The maximum Gasteiger partial charge on any atom is 0.199 e. The summed E-state index contributed by atoms with van der Waals surface area (Å²) in [7, 11) is 0. The third-order valence-corrected chi connectivity index (χ3v) is 14.2. The van der Waals surface area contributed by atoms with Gasteiger partial charge in [-0.1, -0.05) is 34.6 Å². The molecule has 5 heteroatoms. The highest BCUT2D eigenvalue weighted by atomic mass is 16.8. The molecule has 2 heterocycles. The summed E-state index contributed by atoms with van der Waals surface area (Å²) >= 11 is 0. The molecular formula is C30H48O5. The second-order valence-corrected chi connectivity index (χ2v) is 15.9. The van der Waals surface area contributed by atoms with E-state index >= 15 is 0 Å². The van der Waals surface area contributed by atoms with Crippen molar-refractivity contribution in [1.29, 1.82) is 0 Å². The van der Waals surface area contributed by atoms with E-state index in [2.05, 4.69) is 34.6 Å². The standard InChI is InChI=1S/C30H48O5/c1-16-14-17-22(25(4,5)33)35-30(34-17)21(16)26(6)12-13-29-15-28(29)11-10-20(31)24(2,3)18(28)8-9-19(29)27(26,7)23(30)32/h16-23,31-33H,8-15H2,1-7H3/t16-,17-,18+,19+,20+,21-,22-,23-,26-,27-,28-,29+,30-/m1/s1. The summed E-state index contributed by atoms with van der Waals surface area (Å²) in [5.74, 6) is 0.523. The first-order chi connectivity index (χ1) is 16.1. The van der Waals surface area contributed by atoms with Gasteiger partial charge in [0.1, 0.15) is 12.2 Å². The second kappa shape index (κ2) is 6.33. The van der Waals surface area contributed by atoms with Gasteiger partial charge in [-0.3, -0.25) is 0 Å². The molecule has 2 saturated heterocycles. The zero-order chi connectivity index (χ0) is 25.2. The van der Waals surface area contributed by atoms with Gasteiger partial charge in [-0.25, -0.2) is 0 Å². The maximum atomic E-state index is 12.5. The predicted molar refractivity (Wildman–Crippen MR) is 132 cm³/mol. The first-order valence-corrected chi connectivity index (χ1v) is 14.6. The number of hydrogen-bond donors (Lipinski definition) is 3. The Labute approximate surface area is 211 Å². The third kappa shape index (κ3) is 2.30. The molecule has 0 radical (unpaired) electrons. The minimum absolute atomic E-state index is 0.0331. The molecule has 5 nitrogen and oxygen atoms in total. The van der Waals surface area contributed by atoms with Crippen LogP contribution >= 0.6 is 0 Å². The summed E-state index contributed by atoms with van der Waals surface area (Å²) in [5, 5.41) is 34.4. The Morgan fingerprint density at radius 2 is 1.51 bits per heavy atom. The van der Waals surface area contributed by atoms with Crippen LogP contribution in [0.1, 0.15) is 99.8 Å². The van der Waals surface area contributed by atoms with E-state index in [1.807, 2.05) is 13.8 Å². The molecular weight excluding hydrogens is 440 g/mol. The minimum atomic E-state index is -1.01. The largest absolute Gasteiger partial charge is 0.393 e. The van der Waals surface area contributed by atoms with Crippen LogP contribution in [0.5, 0.6) is 0 Å². The fourth-order valence-electron chi connectivity index (χ4n) is 12.7. The summed E-state index contributed by atoms with van der Waals surface area (Å²) < 4.78 is 13.6. The van der Waals surface area contributed by atoms with Crippen molar-refractivity contribution in [3.8, 4) is 0 Å². The van der Waals surface area contributed by atoms with E-state index < -0.39 is 23.6 Å². The highest BCUT2D eigenvalue weighted by Gasteiger charge is 2.88. The number of hydrogen-bond acceptors (Lipinski definition) is 5. The zero-order valence-electron chi connectivity index (χ0n) is 22.9. The second-order valence-electron chi connectivity index (χ2n) is 15.9. The monoisotopic (exact) mass is 488 g/mol. The lowest BCUT2D eigenvalue weighted by Gasteiger charge is -2.63. The van der Waals surface area contributed by atoms with E-state index in [4.69, 9.17) is 9.47 Å². The van der Waals surface area contributed by atoms with Crippen LogP contribution in [-0.2, 0) is 9.47 Å². The smallest absolute Gasteiger partial charge is 0.199 e. The Bertz CT molecular complexity index is 957. The molecule has 13 atom stereocenters. The quantitative estimate of drug-likeness (QED) is 0.500. The van der Waals surface area contributed by atoms with Crippen molar-refractivity contribution in [3.05, 3.63) is 0 Å². The number of aliphatic hydroxyl groups is 3. The Hall–Kier alpha value is -0.200. The van der Waals surface area contributed by atoms with E-state index in [-0.39, 0.29) is 39.8 Å². The van der Waals surface area contributed by atoms with Gasteiger partial charge in [0, 0.05) is 11.3 Å². The van der Waals surface area contributed by atoms with E-state index in [1.165, 1.54) is 12.8 Å². The molecule has 2 aliphatic heterocycles. The van der Waals surface area contributed by atoms with Gasteiger partial charge in [0.2, 0.25) is 0 Å². The van der Waals surface area contributed by atoms with Crippen LogP contribution in [0.4, 0.5) is 0 Å². The minimum Gasteiger partial charge on any atom is -0.393 e. The summed E-state index contributed by atoms with van der Waals surface area (Å²) in [6.45, 7) is 15.4. The van der Waals surface area contributed by atoms with Crippen molar-refractivity contribution in [2.75, 3.05) is 0 Å². The zero-order valence-corrected chi connectivity index (χ0v) is 22.9. The van der Waals surface area contributed by atoms with Crippen molar-refractivity contribution < 1.29 is 24.8 Å². The summed E-state index contributed by atoms with van der Waals surface area (Å²) in [5.41, 5.74) is -0.788. The van der Waals surface area contributed by atoms with E-state index in [1.54, 1.807) is 0 Å². The lowest BCUT2D eigenvalue weighted by molar-refractivity contribution is -0.282. The highest BCUT2D eigenvalue weighted by Crippen LogP contribution is 2.90. The lowest BCUT2D eigenvalue weighted by Crippen LogP contribution is -2.60. The van der Waals surface area contributed by atoms with Gasteiger partial charge >= 0.3 is 0 Å². The Kier molecular flexibility index (Phi) is 4.32. The van der Waals surface area contributed by atoms with Gasteiger partial charge in [-0.15, -0.1) is 0 Å². The number of aliphatic hydroxyl groups excluding tert-OH is 2. The predicted octanol–water partition coefficient (Wildman–Crippen LogP) is 4.66. The third-order valence-electron chi connectivity index (χ3n) is 14.2. The molecule has 2 bridgehead atoms. The van der Waals surface area contributed by atoms with E-state index in [9.17, 15) is 15.3 Å². The fourth-order valence-corrected chi connectivity index (χ4v) is 12.7. The van der Waals surface area contributed by atoms with E-state index in [0.29, 0.717) is 23.2 Å². The Morgan fingerprint density at radius 3 is 2.20 bits per heavy atom. The van der Waals surface area contributed by atoms with Gasteiger partial charge < -0.3 is 24.8 Å². The molecule has 5 saturated carbocycles. The molecule has 0 aromatic carbocycles. The van der Waals surface area contributed by atoms with Gasteiger partial charge in [0.05, 0.1) is 17.8 Å². The normalized spacial score (nSPS) is 63.9. The Morgan fingerprint density at radius 1 is 0.857 bits per heavy atom. The first kappa shape index (κ1) is 23.9. The summed E-state index contributed by atoms with van der Waals surface area (Å²) in [6.07, 6.45) is 7.36.